The fourth-order valence-electron chi connectivity index (χ4n) is 8.53. The maximum Gasteiger partial charge on any atom is 0.0745 e. The van der Waals surface area contributed by atoms with Crippen molar-refractivity contribution < 1.29 is 0 Å². The van der Waals surface area contributed by atoms with Crippen LogP contribution in [0.2, 0.25) is 0 Å². The predicted molar refractivity (Wildman–Crippen MR) is 213 cm³/mol. The number of hydrogen-bond donors (Lipinski definition) is 0. The molecular weight excluding hydrogens is 615 g/mol. The Morgan fingerprint density at radius 3 is 1.33 bits per heavy atom. The SMILES string of the molecule is Cc1c(-c2ccccc2)nc(-c2ccccc2)c(C)c1-c1ccccc1-c1ccc2c(c1)-c1ccccc1C2(c1ccccc1)c1ccccc1. The van der Waals surface area contributed by atoms with E-state index in [1.54, 1.807) is 0 Å². The molecular formula is C50H37N. The van der Waals surface area contributed by atoms with Gasteiger partial charge in [-0.05, 0) is 86.7 Å². The van der Waals surface area contributed by atoms with Gasteiger partial charge in [0.15, 0.2) is 0 Å². The lowest BCUT2D eigenvalue weighted by molar-refractivity contribution is 0.768. The molecule has 0 unspecified atom stereocenters. The van der Waals surface area contributed by atoms with Crippen LogP contribution in [0.4, 0.5) is 0 Å². The average Bonchev–Trinajstić information content (AvgIpc) is 3.50. The summed E-state index contributed by atoms with van der Waals surface area (Å²) in [6.45, 7) is 4.46. The number of benzene rings is 7. The fraction of sp³-hybridized carbons (Fsp3) is 0.0600. The fourth-order valence-corrected chi connectivity index (χ4v) is 8.53. The van der Waals surface area contributed by atoms with Crippen LogP contribution in [0.15, 0.2) is 188 Å². The van der Waals surface area contributed by atoms with Crippen molar-refractivity contribution in [2.75, 3.05) is 0 Å². The summed E-state index contributed by atoms with van der Waals surface area (Å²) in [7, 11) is 0. The molecule has 1 aliphatic rings. The van der Waals surface area contributed by atoms with E-state index in [0.717, 1.165) is 22.5 Å². The minimum atomic E-state index is -0.417. The summed E-state index contributed by atoms with van der Waals surface area (Å²) >= 11 is 0. The summed E-state index contributed by atoms with van der Waals surface area (Å²) in [5.41, 5.74) is 18.9. The van der Waals surface area contributed by atoms with Gasteiger partial charge >= 0.3 is 0 Å². The van der Waals surface area contributed by atoms with Crippen molar-refractivity contribution in [1.29, 1.82) is 0 Å². The van der Waals surface area contributed by atoms with Crippen LogP contribution in [0.25, 0.3) is 55.9 Å². The van der Waals surface area contributed by atoms with Gasteiger partial charge in [-0.25, -0.2) is 4.98 Å². The summed E-state index contributed by atoms with van der Waals surface area (Å²) in [6.07, 6.45) is 0. The number of hydrogen-bond acceptors (Lipinski definition) is 1. The molecule has 0 amide bonds. The lowest BCUT2D eigenvalue weighted by atomic mass is 9.67. The molecule has 0 radical (unpaired) electrons. The number of pyridine rings is 1. The van der Waals surface area contributed by atoms with Crippen LogP contribution in [0, 0.1) is 13.8 Å². The molecule has 0 saturated heterocycles. The first-order valence-corrected chi connectivity index (χ1v) is 17.7. The molecule has 1 heterocycles. The number of aromatic nitrogens is 1. The maximum absolute atomic E-state index is 5.35. The molecule has 1 heteroatoms. The van der Waals surface area contributed by atoms with Crippen LogP contribution >= 0.6 is 0 Å². The Labute approximate surface area is 300 Å². The molecule has 51 heavy (non-hydrogen) atoms. The Morgan fingerprint density at radius 1 is 0.353 bits per heavy atom. The van der Waals surface area contributed by atoms with E-state index >= 15 is 0 Å². The van der Waals surface area contributed by atoms with Gasteiger partial charge in [0.05, 0.1) is 16.8 Å². The molecule has 7 aromatic carbocycles. The van der Waals surface area contributed by atoms with Crippen LogP contribution in [0.5, 0.6) is 0 Å². The van der Waals surface area contributed by atoms with Crippen LogP contribution in [0.3, 0.4) is 0 Å². The van der Waals surface area contributed by atoms with Crippen LogP contribution in [-0.2, 0) is 5.41 Å². The van der Waals surface area contributed by atoms with E-state index in [1.807, 2.05) is 0 Å². The molecule has 0 saturated carbocycles. The van der Waals surface area contributed by atoms with Gasteiger partial charge < -0.3 is 0 Å². The molecule has 8 aromatic rings. The van der Waals surface area contributed by atoms with Crippen molar-refractivity contribution in [2.45, 2.75) is 19.3 Å². The van der Waals surface area contributed by atoms with E-state index in [0.29, 0.717) is 0 Å². The van der Waals surface area contributed by atoms with Gasteiger partial charge in [0.2, 0.25) is 0 Å². The Balaban J connectivity index is 1.29. The Bertz CT molecular complexity index is 2410. The third kappa shape index (κ3) is 4.88. The molecule has 1 aliphatic carbocycles. The van der Waals surface area contributed by atoms with Gasteiger partial charge in [-0.1, -0.05) is 182 Å². The van der Waals surface area contributed by atoms with E-state index in [-0.39, 0.29) is 0 Å². The quantitative estimate of drug-likeness (QED) is 0.174. The highest BCUT2D eigenvalue weighted by Gasteiger charge is 2.46. The van der Waals surface area contributed by atoms with Crippen molar-refractivity contribution in [1.82, 2.24) is 4.98 Å². The van der Waals surface area contributed by atoms with Gasteiger partial charge in [-0.15, -0.1) is 0 Å². The first-order valence-electron chi connectivity index (χ1n) is 17.7. The first kappa shape index (κ1) is 30.7. The summed E-state index contributed by atoms with van der Waals surface area (Å²) < 4.78 is 0. The van der Waals surface area contributed by atoms with Gasteiger partial charge in [0.25, 0.3) is 0 Å². The van der Waals surface area contributed by atoms with Crippen molar-refractivity contribution in [3.05, 3.63) is 221 Å². The maximum atomic E-state index is 5.35. The highest BCUT2D eigenvalue weighted by molar-refractivity contribution is 5.94. The van der Waals surface area contributed by atoms with Gasteiger partial charge in [-0.3, -0.25) is 0 Å². The second kappa shape index (κ2) is 12.5. The second-order valence-corrected chi connectivity index (χ2v) is 13.5. The zero-order chi connectivity index (χ0) is 34.4. The monoisotopic (exact) mass is 651 g/mol. The molecule has 9 rings (SSSR count). The third-order valence-electron chi connectivity index (χ3n) is 10.7. The van der Waals surface area contributed by atoms with E-state index in [1.165, 1.54) is 66.8 Å². The number of fused-ring (bicyclic) bond motifs is 3. The van der Waals surface area contributed by atoms with Gasteiger partial charge in [0, 0.05) is 11.1 Å². The molecule has 1 nitrogen and oxygen atoms in total. The largest absolute Gasteiger partial charge is 0.247 e. The molecule has 0 N–H and O–H groups in total. The summed E-state index contributed by atoms with van der Waals surface area (Å²) in [5, 5.41) is 0. The Morgan fingerprint density at radius 2 is 0.784 bits per heavy atom. The van der Waals surface area contributed by atoms with Crippen LogP contribution in [-0.4, -0.2) is 4.98 Å². The predicted octanol–water partition coefficient (Wildman–Crippen LogP) is 12.7. The van der Waals surface area contributed by atoms with Crippen LogP contribution in [0.1, 0.15) is 33.4 Å². The van der Waals surface area contributed by atoms with E-state index in [9.17, 15) is 0 Å². The molecule has 0 bridgehead atoms. The van der Waals surface area contributed by atoms with E-state index < -0.39 is 5.41 Å². The topological polar surface area (TPSA) is 12.9 Å². The van der Waals surface area contributed by atoms with Gasteiger partial charge in [0.1, 0.15) is 0 Å². The normalized spacial score (nSPS) is 12.7. The van der Waals surface area contributed by atoms with Crippen molar-refractivity contribution in [3.8, 4) is 55.9 Å². The third-order valence-corrected chi connectivity index (χ3v) is 10.7. The summed E-state index contributed by atoms with van der Waals surface area (Å²) in [6, 6.07) is 68.2. The zero-order valence-electron chi connectivity index (χ0n) is 28.8. The molecule has 0 aliphatic heterocycles. The second-order valence-electron chi connectivity index (χ2n) is 13.5. The number of nitrogens with zero attached hydrogens (tertiary/aromatic N) is 1. The standard InChI is InChI=1S/C50H37N/c1-34-47(35(2)49(37-21-9-4-10-22-37)51-48(34)36-19-7-3-8-20-36)43-29-16-15-27-41(43)38-31-32-46-44(33-38)42-28-17-18-30-45(42)50(46,39-23-11-5-12-24-39)40-25-13-6-14-26-40/h3-33H,1-2H3. The summed E-state index contributed by atoms with van der Waals surface area (Å²) in [4.78, 5) is 5.35. The van der Waals surface area contributed by atoms with Crippen LogP contribution < -0.4 is 0 Å². The summed E-state index contributed by atoms with van der Waals surface area (Å²) in [5.74, 6) is 0. The number of rotatable bonds is 6. The Hall–Kier alpha value is -6.31. The average molecular weight is 652 g/mol. The lowest BCUT2D eigenvalue weighted by Gasteiger charge is -2.33. The van der Waals surface area contributed by atoms with Crippen molar-refractivity contribution in [2.24, 2.45) is 0 Å². The van der Waals surface area contributed by atoms with E-state index in [2.05, 4.69) is 202 Å². The van der Waals surface area contributed by atoms with Crippen molar-refractivity contribution >= 4 is 0 Å². The van der Waals surface area contributed by atoms with Gasteiger partial charge in [-0.2, -0.15) is 0 Å². The highest BCUT2D eigenvalue weighted by Crippen LogP contribution is 2.57. The lowest BCUT2D eigenvalue weighted by Crippen LogP contribution is -2.28. The molecule has 1 aromatic heterocycles. The molecule has 0 atom stereocenters. The molecule has 242 valence electrons. The van der Waals surface area contributed by atoms with Crippen molar-refractivity contribution in [3.63, 3.8) is 0 Å². The Kier molecular flexibility index (Phi) is 7.55. The molecule has 0 fully saturated rings. The minimum absolute atomic E-state index is 0.417. The first-order chi connectivity index (χ1) is 25.2. The smallest absolute Gasteiger partial charge is 0.0745 e. The molecule has 0 spiro atoms. The minimum Gasteiger partial charge on any atom is -0.247 e. The highest BCUT2D eigenvalue weighted by atomic mass is 14.7. The van der Waals surface area contributed by atoms with E-state index in [4.69, 9.17) is 4.98 Å². The zero-order valence-corrected chi connectivity index (χ0v) is 28.8.